The lowest BCUT2D eigenvalue weighted by atomic mass is 9.87. The predicted molar refractivity (Wildman–Crippen MR) is 156 cm³/mol. The Morgan fingerprint density at radius 1 is 1.08 bits per heavy atom. The van der Waals surface area contributed by atoms with Crippen LogP contribution in [-0.2, 0) is 27.9 Å². The number of hydrogen-bond acceptors (Lipinski definition) is 4. The zero-order valence-electron chi connectivity index (χ0n) is 24.0. The van der Waals surface area contributed by atoms with E-state index in [9.17, 15) is 9.90 Å². The second-order valence-electron chi connectivity index (χ2n) is 11.4. The summed E-state index contributed by atoms with van der Waals surface area (Å²) in [5, 5.41) is 11.7. The third-order valence-electron chi connectivity index (χ3n) is 7.14. The summed E-state index contributed by atoms with van der Waals surface area (Å²) in [5.41, 5.74) is 4.84. The van der Waals surface area contributed by atoms with E-state index in [2.05, 4.69) is 86.2 Å². The molecule has 1 atom stereocenters. The lowest BCUT2D eigenvalue weighted by Gasteiger charge is -2.29. The van der Waals surface area contributed by atoms with Gasteiger partial charge in [-0.05, 0) is 47.4 Å². The highest BCUT2D eigenvalue weighted by molar-refractivity contribution is 5.83. The van der Waals surface area contributed by atoms with Crippen LogP contribution in [0.2, 0.25) is 0 Å². The molecule has 2 N–H and O–H groups in total. The van der Waals surface area contributed by atoms with Crippen molar-refractivity contribution in [3.05, 3.63) is 71.4 Å². The summed E-state index contributed by atoms with van der Waals surface area (Å²) in [5.74, 6) is 0.0888. The Morgan fingerprint density at radius 3 is 2.50 bits per heavy atom. The zero-order valence-corrected chi connectivity index (χ0v) is 24.0. The van der Waals surface area contributed by atoms with Crippen LogP contribution in [0, 0.1) is 0 Å². The normalized spacial score (nSPS) is 12.8. The molecule has 0 spiro atoms. The SMILES string of the molecule is CCC[C@H](O)CN(CCCOC)CC(=O)N(CCc1c[nH]c2ccccc12)Cc1ccc(C(C)(C)C)cc1. The van der Waals surface area contributed by atoms with E-state index < -0.39 is 6.10 Å². The van der Waals surface area contributed by atoms with Crippen LogP contribution in [0.15, 0.2) is 54.7 Å². The number of amides is 1. The average molecular weight is 522 g/mol. The number of nitrogens with zero attached hydrogens (tertiary/aromatic N) is 2. The van der Waals surface area contributed by atoms with Gasteiger partial charge in [0.25, 0.3) is 0 Å². The van der Waals surface area contributed by atoms with Crippen molar-refractivity contribution in [2.24, 2.45) is 0 Å². The van der Waals surface area contributed by atoms with Gasteiger partial charge in [-0.15, -0.1) is 0 Å². The van der Waals surface area contributed by atoms with Crippen LogP contribution in [0.3, 0.4) is 0 Å². The number of aliphatic hydroxyl groups is 1. The third kappa shape index (κ3) is 8.97. The van der Waals surface area contributed by atoms with Crippen LogP contribution in [0.5, 0.6) is 0 Å². The van der Waals surface area contributed by atoms with E-state index in [0.29, 0.717) is 32.8 Å². The Morgan fingerprint density at radius 2 is 1.82 bits per heavy atom. The highest BCUT2D eigenvalue weighted by atomic mass is 16.5. The van der Waals surface area contributed by atoms with Crippen LogP contribution < -0.4 is 0 Å². The van der Waals surface area contributed by atoms with Gasteiger partial charge in [-0.1, -0.05) is 76.6 Å². The minimum atomic E-state index is -0.431. The molecule has 0 saturated carbocycles. The second-order valence-corrected chi connectivity index (χ2v) is 11.4. The van der Waals surface area contributed by atoms with E-state index in [4.69, 9.17) is 4.74 Å². The highest BCUT2D eigenvalue weighted by Gasteiger charge is 2.21. The molecule has 0 radical (unpaired) electrons. The van der Waals surface area contributed by atoms with Gasteiger partial charge in [0.15, 0.2) is 0 Å². The Labute approximate surface area is 229 Å². The van der Waals surface area contributed by atoms with Crippen molar-refractivity contribution in [3.63, 3.8) is 0 Å². The summed E-state index contributed by atoms with van der Waals surface area (Å²) in [6.45, 7) is 12.0. The molecule has 0 fully saturated rings. The summed E-state index contributed by atoms with van der Waals surface area (Å²) in [6, 6.07) is 16.9. The van der Waals surface area contributed by atoms with E-state index in [-0.39, 0.29) is 11.3 Å². The minimum Gasteiger partial charge on any atom is -0.392 e. The van der Waals surface area contributed by atoms with Crippen LogP contribution >= 0.6 is 0 Å². The van der Waals surface area contributed by atoms with Crippen molar-refractivity contribution in [1.82, 2.24) is 14.8 Å². The summed E-state index contributed by atoms with van der Waals surface area (Å²) >= 11 is 0. The minimum absolute atomic E-state index is 0.0887. The number of ether oxygens (including phenoxy) is 1. The standard InChI is InChI=1S/C32H47N3O3/c1-6-10-28(36)23-34(18-9-20-38-5)24-31(37)35(22-25-13-15-27(16-14-25)32(2,3)4)19-17-26-21-33-30-12-8-7-11-29(26)30/h7-8,11-16,21,28,33,36H,6,9-10,17-20,22-24H2,1-5H3/t28-/m0/s1. The van der Waals surface area contributed by atoms with Gasteiger partial charge in [0.2, 0.25) is 5.91 Å². The van der Waals surface area contributed by atoms with Crippen molar-refractivity contribution in [1.29, 1.82) is 0 Å². The maximum Gasteiger partial charge on any atom is 0.237 e. The molecule has 2 aromatic carbocycles. The van der Waals surface area contributed by atoms with Crippen molar-refractivity contribution in [3.8, 4) is 0 Å². The molecule has 6 heteroatoms. The number of carbonyl (C=O) groups is 1. The van der Waals surface area contributed by atoms with Gasteiger partial charge >= 0.3 is 0 Å². The number of aliphatic hydroxyl groups excluding tert-OH is 1. The molecule has 0 bridgehead atoms. The Hall–Kier alpha value is -2.67. The molecule has 0 aliphatic rings. The molecule has 6 nitrogen and oxygen atoms in total. The third-order valence-corrected chi connectivity index (χ3v) is 7.14. The Kier molecular flexibility index (Phi) is 11.4. The molecule has 1 heterocycles. The number of H-pyrrole nitrogens is 1. The van der Waals surface area contributed by atoms with Crippen molar-refractivity contribution >= 4 is 16.8 Å². The average Bonchev–Trinajstić information content (AvgIpc) is 3.29. The smallest absolute Gasteiger partial charge is 0.237 e. The first-order valence-corrected chi connectivity index (χ1v) is 14.0. The summed E-state index contributed by atoms with van der Waals surface area (Å²) in [7, 11) is 1.69. The van der Waals surface area contributed by atoms with Crippen LogP contribution in [0.1, 0.15) is 63.6 Å². The molecule has 0 saturated heterocycles. The van der Waals surface area contributed by atoms with Gasteiger partial charge in [0, 0.05) is 57.0 Å². The largest absolute Gasteiger partial charge is 0.392 e. The van der Waals surface area contributed by atoms with E-state index in [1.54, 1.807) is 7.11 Å². The molecule has 3 rings (SSSR count). The van der Waals surface area contributed by atoms with Gasteiger partial charge in [-0.25, -0.2) is 0 Å². The second kappa shape index (κ2) is 14.5. The van der Waals surface area contributed by atoms with Crippen LogP contribution in [0.25, 0.3) is 10.9 Å². The lowest BCUT2D eigenvalue weighted by molar-refractivity contribution is -0.133. The molecular formula is C32H47N3O3. The number of aromatic amines is 1. The number of rotatable bonds is 15. The van der Waals surface area contributed by atoms with Gasteiger partial charge in [0.1, 0.15) is 0 Å². The lowest BCUT2D eigenvalue weighted by Crippen LogP contribution is -2.44. The molecule has 1 aromatic heterocycles. The first-order chi connectivity index (χ1) is 18.2. The topological polar surface area (TPSA) is 68.8 Å². The van der Waals surface area contributed by atoms with Crippen molar-refractivity contribution < 1.29 is 14.6 Å². The number of aromatic nitrogens is 1. The molecule has 0 aliphatic carbocycles. The Balaban J connectivity index is 1.77. The maximum atomic E-state index is 13.7. The fraction of sp³-hybridized carbons (Fsp3) is 0.531. The number of hydrogen-bond donors (Lipinski definition) is 2. The highest BCUT2D eigenvalue weighted by Crippen LogP contribution is 2.23. The van der Waals surface area contributed by atoms with Crippen LogP contribution in [0.4, 0.5) is 0 Å². The fourth-order valence-corrected chi connectivity index (χ4v) is 4.90. The quantitative estimate of drug-likeness (QED) is 0.258. The fourth-order valence-electron chi connectivity index (χ4n) is 4.90. The molecule has 38 heavy (non-hydrogen) atoms. The molecular weight excluding hydrogens is 474 g/mol. The first kappa shape index (κ1) is 29.9. The zero-order chi connectivity index (χ0) is 27.5. The monoisotopic (exact) mass is 521 g/mol. The van der Waals surface area contributed by atoms with E-state index in [0.717, 1.165) is 43.3 Å². The van der Waals surface area contributed by atoms with E-state index in [1.165, 1.54) is 16.5 Å². The number of para-hydroxylation sites is 1. The molecule has 1 amide bonds. The molecule has 0 unspecified atom stereocenters. The number of benzene rings is 2. The molecule has 0 aliphatic heterocycles. The van der Waals surface area contributed by atoms with Gasteiger partial charge in [0.05, 0.1) is 12.6 Å². The van der Waals surface area contributed by atoms with Crippen LogP contribution in [-0.4, -0.2) is 71.8 Å². The number of methoxy groups -OCH3 is 1. The number of nitrogens with one attached hydrogen (secondary N) is 1. The van der Waals surface area contributed by atoms with E-state index >= 15 is 0 Å². The molecule has 3 aromatic rings. The summed E-state index contributed by atoms with van der Waals surface area (Å²) in [6.07, 6.45) is 4.88. The van der Waals surface area contributed by atoms with Crippen molar-refractivity contribution in [2.75, 3.05) is 39.9 Å². The van der Waals surface area contributed by atoms with E-state index in [1.807, 2.05) is 11.0 Å². The van der Waals surface area contributed by atoms with Gasteiger partial charge < -0.3 is 19.7 Å². The summed E-state index contributed by atoms with van der Waals surface area (Å²) in [4.78, 5) is 21.2. The first-order valence-electron chi connectivity index (χ1n) is 14.0. The predicted octanol–water partition coefficient (Wildman–Crippen LogP) is 5.54. The maximum absolute atomic E-state index is 13.7. The molecule has 208 valence electrons. The number of carbonyl (C=O) groups excluding carboxylic acids is 1. The van der Waals surface area contributed by atoms with Gasteiger partial charge in [-0.3, -0.25) is 9.69 Å². The van der Waals surface area contributed by atoms with Crippen molar-refractivity contribution in [2.45, 2.75) is 71.4 Å². The van der Waals surface area contributed by atoms with Gasteiger partial charge in [-0.2, -0.15) is 0 Å². The Bertz CT molecular complexity index is 1120. The number of fused-ring (bicyclic) bond motifs is 1. The summed E-state index contributed by atoms with van der Waals surface area (Å²) < 4.78 is 5.24.